The molecule has 0 radical (unpaired) electrons. The fourth-order valence-electron chi connectivity index (χ4n) is 4.97. The fourth-order valence-corrected chi connectivity index (χ4v) is 4.97. The summed E-state index contributed by atoms with van der Waals surface area (Å²) in [5.41, 5.74) is 4.08. The second-order valence-corrected chi connectivity index (χ2v) is 9.91. The van der Waals surface area contributed by atoms with Crippen LogP contribution in [0.1, 0.15) is 61.5 Å². The summed E-state index contributed by atoms with van der Waals surface area (Å²) in [6.45, 7) is 4.08. The van der Waals surface area contributed by atoms with Gasteiger partial charge in [0.05, 0.1) is 24.8 Å². The Kier molecular flexibility index (Phi) is 6.80. The molecule has 5 rings (SSSR count). The van der Waals surface area contributed by atoms with Gasteiger partial charge >= 0.3 is 0 Å². The minimum Gasteiger partial charge on any atom is -0.497 e. The quantitative estimate of drug-likeness (QED) is 0.440. The first-order valence-electron chi connectivity index (χ1n) is 12.7. The van der Waals surface area contributed by atoms with Gasteiger partial charge in [0, 0.05) is 36.3 Å². The summed E-state index contributed by atoms with van der Waals surface area (Å²) in [6, 6.07) is 5.95. The van der Waals surface area contributed by atoms with Crippen LogP contribution >= 0.6 is 0 Å². The standard InChI is InChI=1S/C27H33N5O4/c1-15-23(27(34)32-19-8-6-18(7-9-19)31-16(2)33)25-26(30-15)24(28-14-29-25)21-11-10-20(35-3)12-22(21)36-13-17-4-5-17/h10-12,14,17-19,30H,4-9,13H2,1-3H3,(H,31,33)(H,32,34). The van der Waals surface area contributed by atoms with Crippen molar-refractivity contribution in [3.63, 3.8) is 0 Å². The van der Waals surface area contributed by atoms with E-state index in [1.165, 1.54) is 26.1 Å². The number of H-pyrrole nitrogens is 1. The average Bonchev–Trinajstić information content (AvgIpc) is 3.63. The molecule has 2 aromatic heterocycles. The number of nitrogens with one attached hydrogen (secondary N) is 3. The highest BCUT2D eigenvalue weighted by Gasteiger charge is 2.27. The molecule has 0 saturated heterocycles. The van der Waals surface area contributed by atoms with Crippen LogP contribution in [0.4, 0.5) is 0 Å². The van der Waals surface area contributed by atoms with Crippen LogP contribution in [0.25, 0.3) is 22.3 Å². The van der Waals surface area contributed by atoms with Gasteiger partial charge in [-0.3, -0.25) is 9.59 Å². The zero-order valence-corrected chi connectivity index (χ0v) is 21.0. The molecule has 2 saturated carbocycles. The maximum Gasteiger partial charge on any atom is 0.255 e. The van der Waals surface area contributed by atoms with Crippen LogP contribution in [0, 0.1) is 12.8 Å². The number of methoxy groups -OCH3 is 1. The predicted octanol–water partition coefficient (Wildman–Crippen LogP) is 3.91. The second kappa shape index (κ2) is 10.2. The lowest BCUT2D eigenvalue weighted by molar-refractivity contribution is -0.119. The van der Waals surface area contributed by atoms with Crippen LogP contribution in [0.15, 0.2) is 24.5 Å². The third kappa shape index (κ3) is 5.15. The van der Waals surface area contributed by atoms with Crippen molar-refractivity contribution < 1.29 is 19.1 Å². The van der Waals surface area contributed by atoms with Gasteiger partial charge < -0.3 is 25.1 Å². The molecular formula is C27H33N5O4. The highest BCUT2D eigenvalue weighted by Crippen LogP contribution is 2.38. The summed E-state index contributed by atoms with van der Waals surface area (Å²) in [7, 11) is 1.63. The Balaban J connectivity index is 1.40. The number of benzene rings is 1. The highest BCUT2D eigenvalue weighted by atomic mass is 16.5. The van der Waals surface area contributed by atoms with Gasteiger partial charge in [0.25, 0.3) is 5.91 Å². The molecule has 1 aromatic carbocycles. The van der Waals surface area contributed by atoms with E-state index in [9.17, 15) is 9.59 Å². The minimum absolute atomic E-state index is 0.00894. The average molecular weight is 492 g/mol. The molecule has 3 aromatic rings. The van der Waals surface area contributed by atoms with E-state index >= 15 is 0 Å². The number of aryl methyl sites for hydroxylation is 1. The first-order valence-corrected chi connectivity index (χ1v) is 12.7. The van der Waals surface area contributed by atoms with Gasteiger partial charge in [-0.05, 0) is 63.5 Å². The van der Waals surface area contributed by atoms with E-state index < -0.39 is 0 Å². The molecule has 9 nitrogen and oxygen atoms in total. The summed E-state index contributed by atoms with van der Waals surface area (Å²) in [5.74, 6) is 1.86. The van der Waals surface area contributed by atoms with E-state index in [4.69, 9.17) is 9.47 Å². The molecule has 2 amide bonds. The van der Waals surface area contributed by atoms with Gasteiger partial charge in [0.1, 0.15) is 29.0 Å². The van der Waals surface area contributed by atoms with Crippen LogP contribution in [0.3, 0.4) is 0 Å². The van der Waals surface area contributed by atoms with Crippen LogP contribution < -0.4 is 20.1 Å². The van der Waals surface area contributed by atoms with Gasteiger partial charge in [-0.15, -0.1) is 0 Å². The van der Waals surface area contributed by atoms with Crippen molar-refractivity contribution in [3.8, 4) is 22.8 Å². The SMILES string of the molecule is COc1ccc(-c2ncnc3c(C(=O)NC4CCC(NC(C)=O)CC4)c(C)[nH]c23)c(OCC2CC2)c1. The van der Waals surface area contributed by atoms with Crippen LogP contribution in [-0.2, 0) is 4.79 Å². The zero-order chi connectivity index (χ0) is 25.2. The van der Waals surface area contributed by atoms with Crippen molar-refractivity contribution in [1.29, 1.82) is 0 Å². The largest absolute Gasteiger partial charge is 0.497 e. The van der Waals surface area contributed by atoms with Crippen molar-refractivity contribution >= 4 is 22.8 Å². The molecule has 0 bridgehead atoms. The third-order valence-electron chi connectivity index (χ3n) is 7.08. The number of rotatable bonds is 8. The molecule has 0 aliphatic heterocycles. The minimum atomic E-state index is -0.147. The molecule has 2 heterocycles. The summed E-state index contributed by atoms with van der Waals surface area (Å²) in [6.07, 6.45) is 7.24. The summed E-state index contributed by atoms with van der Waals surface area (Å²) >= 11 is 0. The van der Waals surface area contributed by atoms with E-state index in [1.807, 2.05) is 25.1 Å². The first kappa shape index (κ1) is 24.1. The van der Waals surface area contributed by atoms with Gasteiger partial charge in [-0.2, -0.15) is 0 Å². The molecule has 0 spiro atoms. The van der Waals surface area contributed by atoms with Crippen molar-refractivity contribution in [2.45, 2.75) is 64.5 Å². The Morgan fingerprint density at radius 1 is 1.06 bits per heavy atom. The fraction of sp³-hybridized carbons (Fsp3) is 0.481. The Bertz CT molecular complexity index is 1270. The Morgan fingerprint density at radius 3 is 2.44 bits per heavy atom. The van der Waals surface area contributed by atoms with Gasteiger partial charge in [-0.1, -0.05) is 0 Å². The van der Waals surface area contributed by atoms with E-state index in [2.05, 4.69) is 25.6 Å². The molecule has 2 aliphatic carbocycles. The first-order chi connectivity index (χ1) is 17.4. The maximum absolute atomic E-state index is 13.3. The number of ether oxygens (including phenoxy) is 2. The topological polar surface area (TPSA) is 118 Å². The van der Waals surface area contributed by atoms with Crippen LogP contribution in [0.5, 0.6) is 11.5 Å². The van der Waals surface area contributed by atoms with E-state index in [-0.39, 0.29) is 23.9 Å². The predicted molar refractivity (Wildman–Crippen MR) is 136 cm³/mol. The molecule has 2 fully saturated rings. The molecular weight excluding hydrogens is 458 g/mol. The lowest BCUT2D eigenvalue weighted by Gasteiger charge is -2.29. The number of nitrogens with zero attached hydrogens (tertiary/aromatic N) is 2. The Hall–Kier alpha value is -3.62. The number of aromatic nitrogens is 3. The van der Waals surface area contributed by atoms with Crippen molar-refractivity contribution in [2.75, 3.05) is 13.7 Å². The number of amides is 2. The lowest BCUT2D eigenvalue weighted by atomic mass is 9.91. The summed E-state index contributed by atoms with van der Waals surface area (Å²) < 4.78 is 11.6. The molecule has 0 atom stereocenters. The van der Waals surface area contributed by atoms with Crippen LogP contribution in [0.2, 0.25) is 0 Å². The zero-order valence-electron chi connectivity index (χ0n) is 21.0. The second-order valence-electron chi connectivity index (χ2n) is 9.91. The highest BCUT2D eigenvalue weighted by molar-refractivity contribution is 6.09. The molecule has 3 N–H and O–H groups in total. The molecule has 9 heteroatoms. The van der Waals surface area contributed by atoms with E-state index in [0.717, 1.165) is 36.9 Å². The number of carbonyl (C=O) groups excluding carboxylic acids is 2. The summed E-state index contributed by atoms with van der Waals surface area (Å²) in [4.78, 5) is 37.1. The number of hydrogen-bond acceptors (Lipinski definition) is 6. The lowest BCUT2D eigenvalue weighted by Crippen LogP contribution is -2.43. The Labute approximate surface area is 210 Å². The normalized spacial score (nSPS) is 19.6. The van der Waals surface area contributed by atoms with Gasteiger partial charge in [0.2, 0.25) is 5.91 Å². The van der Waals surface area contributed by atoms with Crippen molar-refractivity contribution in [1.82, 2.24) is 25.6 Å². The molecule has 0 unspecified atom stereocenters. The Morgan fingerprint density at radius 2 is 1.78 bits per heavy atom. The molecule has 36 heavy (non-hydrogen) atoms. The maximum atomic E-state index is 13.3. The third-order valence-corrected chi connectivity index (χ3v) is 7.08. The smallest absolute Gasteiger partial charge is 0.255 e. The van der Waals surface area contributed by atoms with Crippen molar-refractivity contribution in [3.05, 3.63) is 35.8 Å². The van der Waals surface area contributed by atoms with Crippen LogP contribution in [-0.4, -0.2) is 52.6 Å². The number of carbonyl (C=O) groups is 2. The van der Waals surface area contributed by atoms with E-state index in [1.54, 1.807) is 7.11 Å². The summed E-state index contributed by atoms with van der Waals surface area (Å²) in [5, 5.41) is 6.16. The van der Waals surface area contributed by atoms with Gasteiger partial charge in [0.15, 0.2) is 0 Å². The number of fused-ring (bicyclic) bond motifs is 1. The van der Waals surface area contributed by atoms with Crippen molar-refractivity contribution in [2.24, 2.45) is 5.92 Å². The number of aromatic amines is 1. The van der Waals surface area contributed by atoms with Gasteiger partial charge in [-0.25, -0.2) is 9.97 Å². The monoisotopic (exact) mass is 491 g/mol. The molecule has 2 aliphatic rings. The van der Waals surface area contributed by atoms with E-state index in [0.29, 0.717) is 46.3 Å². The molecule has 190 valence electrons. The number of hydrogen-bond donors (Lipinski definition) is 3.